The highest BCUT2D eigenvalue weighted by Gasteiger charge is 2.23. The Balaban J connectivity index is 1.32. The quantitative estimate of drug-likeness (QED) is 0.675. The van der Waals surface area contributed by atoms with Crippen LogP contribution in [0.5, 0.6) is 0 Å². The average molecular weight is 381 g/mol. The van der Waals surface area contributed by atoms with Gasteiger partial charge in [0.1, 0.15) is 6.33 Å². The van der Waals surface area contributed by atoms with Crippen molar-refractivity contribution in [2.24, 2.45) is 0 Å². The second-order valence-corrected chi connectivity index (χ2v) is 7.07. The van der Waals surface area contributed by atoms with Crippen molar-refractivity contribution in [1.82, 2.24) is 30.0 Å². The highest BCUT2D eigenvalue weighted by Crippen LogP contribution is 2.19. The van der Waals surface area contributed by atoms with Gasteiger partial charge in [0.15, 0.2) is 5.16 Å². The first-order valence-corrected chi connectivity index (χ1v) is 9.66. The minimum Gasteiger partial charge on any atom is -0.337 e. The standard InChI is InChI=1S/C18H19N7OS/c26-16(24-8-10-25(11-9-24)17-19-6-1-7-20-17)15-4-2-14(3-5-15)12-27-18-21-13-22-23-18/h1-7,13H,8-12H2,(H,21,22,23). The van der Waals surface area contributed by atoms with E-state index in [1.165, 1.54) is 6.33 Å². The molecular weight excluding hydrogens is 362 g/mol. The lowest BCUT2D eigenvalue weighted by molar-refractivity contribution is 0.0746. The zero-order valence-corrected chi connectivity index (χ0v) is 15.5. The van der Waals surface area contributed by atoms with E-state index in [1.54, 1.807) is 30.2 Å². The molecule has 8 nitrogen and oxygen atoms in total. The van der Waals surface area contributed by atoms with Gasteiger partial charge in [-0.25, -0.2) is 15.0 Å². The minimum absolute atomic E-state index is 0.0677. The van der Waals surface area contributed by atoms with Crippen LogP contribution < -0.4 is 4.90 Å². The van der Waals surface area contributed by atoms with E-state index in [0.29, 0.717) is 18.7 Å². The van der Waals surface area contributed by atoms with Crippen LogP contribution in [0.15, 0.2) is 54.2 Å². The van der Waals surface area contributed by atoms with E-state index in [2.05, 4.69) is 30.0 Å². The number of aromatic amines is 1. The molecule has 0 radical (unpaired) electrons. The Morgan fingerprint density at radius 3 is 2.44 bits per heavy atom. The second kappa shape index (κ2) is 8.17. The third-order valence-corrected chi connectivity index (χ3v) is 5.32. The van der Waals surface area contributed by atoms with Crippen molar-refractivity contribution in [3.63, 3.8) is 0 Å². The van der Waals surface area contributed by atoms with Gasteiger partial charge in [0.05, 0.1) is 0 Å². The Morgan fingerprint density at radius 2 is 1.78 bits per heavy atom. The van der Waals surface area contributed by atoms with Crippen LogP contribution in [0.25, 0.3) is 0 Å². The molecule has 0 spiro atoms. The number of rotatable bonds is 5. The molecule has 1 fully saturated rings. The summed E-state index contributed by atoms with van der Waals surface area (Å²) in [6.45, 7) is 2.81. The Bertz CT molecular complexity index is 862. The van der Waals surface area contributed by atoms with Crippen molar-refractivity contribution in [2.75, 3.05) is 31.1 Å². The lowest BCUT2D eigenvalue weighted by atomic mass is 10.1. The van der Waals surface area contributed by atoms with E-state index in [9.17, 15) is 4.79 Å². The summed E-state index contributed by atoms with van der Waals surface area (Å²) in [6.07, 6.45) is 4.97. The summed E-state index contributed by atoms with van der Waals surface area (Å²) in [5, 5.41) is 7.44. The number of amides is 1. The number of nitrogens with zero attached hydrogens (tertiary/aromatic N) is 6. The highest BCUT2D eigenvalue weighted by molar-refractivity contribution is 7.98. The van der Waals surface area contributed by atoms with Gasteiger partial charge in [-0.1, -0.05) is 23.9 Å². The fraction of sp³-hybridized carbons (Fsp3) is 0.278. The van der Waals surface area contributed by atoms with E-state index < -0.39 is 0 Å². The van der Waals surface area contributed by atoms with E-state index in [0.717, 1.165) is 35.5 Å². The minimum atomic E-state index is 0.0677. The Labute approximate surface area is 161 Å². The van der Waals surface area contributed by atoms with Crippen LogP contribution in [0.1, 0.15) is 15.9 Å². The van der Waals surface area contributed by atoms with Gasteiger partial charge < -0.3 is 9.80 Å². The number of anilines is 1. The van der Waals surface area contributed by atoms with E-state index in [1.807, 2.05) is 29.2 Å². The van der Waals surface area contributed by atoms with Crippen molar-refractivity contribution in [3.8, 4) is 0 Å². The van der Waals surface area contributed by atoms with Crippen molar-refractivity contribution >= 4 is 23.6 Å². The first kappa shape index (κ1) is 17.5. The van der Waals surface area contributed by atoms with Crippen LogP contribution in [0.2, 0.25) is 0 Å². The van der Waals surface area contributed by atoms with Crippen molar-refractivity contribution in [1.29, 1.82) is 0 Å². The monoisotopic (exact) mass is 381 g/mol. The molecule has 138 valence electrons. The molecule has 4 rings (SSSR count). The number of thioether (sulfide) groups is 1. The molecule has 27 heavy (non-hydrogen) atoms. The summed E-state index contributed by atoms with van der Waals surface area (Å²) in [7, 11) is 0. The number of H-pyrrole nitrogens is 1. The molecule has 2 aromatic heterocycles. The van der Waals surface area contributed by atoms with E-state index >= 15 is 0 Å². The number of aromatic nitrogens is 5. The lowest BCUT2D eigenvalue weighted by Crippen LogP contribution is -2.49. The van der Waals surface area contributed by atoms with Crippen LogP contribution in [0.4, 0.5) is 5.95 Å². The Kier molecular flexibility index (Phi) is 5.29. The third-order valence-electron chi connectivity index (χ3n) is 4.37. The summed E-state index contributed by atoms with van der Waals surface area (Å²) >= 11 is 1.58. The molecule has 1 aromatic carbocycles. The van der Waals surface area contributed by atoms with Gasteiger partial charge in [-0.2, -0.15) is 5.10 Å². The average Bonchev–Trinajstić information content (AvgIpc) is 3.27. The summed E-state index contributed by atoms with van der Waals surface area (Å²) < 4.78 is 0. The third kappa shape index (κ3) is 4.25. The van der Waals surface area contributed by atoms with E-state index in [-0.39, 0.29) is 5.91 Å². The topological polar surface area (TPSA) is 90.9 Å². The lowest BCUT2D eigenvalue weighted by Gasteiger charge is -2.34. The largest absolute Gasteiger partial charge is 0.337 e. The number of benzene rings is 1. The van der Waals surface area contributed by atoms with Gasteiger partial charge in [-0.05, 0) is 23.8 Å². The number of hydrogen-bond acceptors (Lipinski definition) is 7. The Hall–Kier alpha value is -2.94. The maximum absolute atomic E-state index is 12.7. The molecule has 1 amide bonds. The summed E-state index contributed by atoms with van der Waals surface area (Å²) in [6, 6.07) is 9.57. The number of carbonyl (C=O) groups is 1. The number of carbonyl (C=O) groups excluding carboxylic acids is 1. The first-order chi connectivity index (χ1) is 13.3. The van der Waals surface area contributed by atoms with Crippen molar-refractivity contribution in [2.45, 2.75) is 10.9 Å². The van der Waals surface area contributed by atoms with Crippen LogP contribution >= 0.6 is 11.8 Å². The fourth-order valence-corrected chi connectivity index (χ4v) is 3.64. The molecule has 3 aromatic rings. The molecule has 0 atom stereocenters. The molecule has 1 aliphatic heterocycles. The smallest absolute Gasteiger partial charge is 0.253 e. The zero-order valence-electron chi connectivity index (χ0n) is 14.7. The molecule has 0 unspecified atom stereocenters. The fourth-order valence-electron chi connectivity index (χ4n) is 2.91. The SMILES string of the molecule is O=C(c1ccc(CSc2ncn[nH]2)cc1)N1CCN(c2ncccn2)CC1. The van der Waals surface area contributed by atoms with Crippen molar-refractivity contribution in [3.05, 3.63) is 60.2 Å². The highest BCUT2D eigenvalue weighted by atomic mass is 32.2. The predicted molar refractivity (Wildman–Crippen MR) is 103 cm³/mol. The molecule has 1 aliphatic rings. The maximum atomic E-state index is 12.7. The van der Waals surface area contributed by atoms with Gasteiger partial charge >= 0.3 is 0 Å². The molecule has 0 aliphatic carbocycles. The summed E-state index contributed by atoms with van der Waals surface area (Å²) in [5.41, 5.74) is 1.85. The van der Waals surface area contributed by atoms with Crippen LogP contribution in [0, 0.1) is 0 Å². The van der Waals surface area contributed by atoms with Gasteiger partial charge in [0.2, 0.25) is 5.95 Å². The zero-order chi connectivity index (χ0) is 18.5. The molecule has 9 heteroatoms. The van der Waals surface area contributed by atoms with Crippen LogP contribution in [0.3, 0.4) is 0 Å². The van der Waals surface area contributed by atoms with Crippen LogP contribution in [-0.4, -0.2) is 62.1 Å². The second-order valence-electron chi connectivity index (χ2n) is 6.10. The molecule has 1 saturated heterocycles. The van der Waals surface area contributed by atoms with Gasteiger partial charge in [-0.15, -0.1) is 0 Å². The number of piperazine rings is 1. The first-order valence-electron chi connectivity index (χ1n) is 8.68. The van der Waals surface area contributed by atoms with Gasteiger partial charge in [0, 0.05) is 49.9 Å². The van der Waals surface area contributed by atoms with Crippen molar-refractivity contribution < 1.29 is 4.79 Å². The molecule has 3 heterocycles. The van der Waals surface area contributed by atoms with Gasteiger partial charge in [0.25, 0.3) is 5.91 Å². The Morgan fingerprint density at radius 1 is 1.04 bits per heavy atom. The van der Waals surface area contributed by atoms with Gasteiger partial charge in [-0.3, -0.25) is 9.89 Å². The molecule has 0 saturated carbocycles. The normalized spacial score (nSPS) is 14.4. The number of nitrogens with one attached hydrogen (secondary N) is 1. The number of hydrogen-bond donors (Lipinski definition) is 1. The van der Waals surface area contributed by atoms with E-state index in [4.69, 9.17) is 0 Å². The summed E-state index contributed by atoms with van der Waals surface area (Å²) in [5.74, 6) is 1.57. The maximum Gasteiger partial charge on any atom is 0.253 e. The molecular formula is C18H19N7OS. The molecule has 1 N–H and O–H groups in total. The van der Waals surface area contributed by atoms with Crippen LogP contribution in [-0.2, 0) is 5.75 Å². The molecule has 0 bridgehead atoms. The predicted octanol–water partition coefficient (Wildman–Crippen LogP) is 1.85. The summed E-state index contributed by atoms with van der Waals surface area (Å²) in [4.78, 5) is 29.4.